The van der Waals surface area contributed by atoms with Crippen molar-refractivity contribution in [2.75, 3.05) is 19.6 Å². The predicted octanol–water partition coefficient (Wildman–Crippen LogP) is 0.594. The van der Waals surface area contributed by atoms with Gasteiger partial charge in [-0.2, -0.15) is 0 Å². The SMILES string of the molecule is CC(=O)N1CCCC(CN)CC1. The molecule has 0 radical (unpaired) electrons. The summed E-state index contributed by atoms with van der Waals surface area (Å²) in [6, 6.07) is 0. The molecule has 12 heavy (non-hydrogen) atoms. The summed E-state index contributed by atoms with van der Waals surface area (Å²) < 4.78 is 0. The number of rotatable bonds is 1. The number of nitrogens with zero attached hydrogens (tertiary/aromatic N) is 1. The van der Waals surface area contributed by atoms with Gasteiger partial charge in [0.2, 0.25) is 5.91 Å². The van der Waals surface area contributed by atoms with Crippen LogP contribution in [0.25, 0.3) is 0 Å². The highest BCUT2D eigenvalue weighted by Crippen LogP contribution is 2.15. The van der Waals surface area contributed by atoms with Crippen molar-refractivity contribution in [3.05, 3.63) is 0 Å². The molecule has 0 bridgehead atoms. The van der Waals surface area contributed by atoms with Crippen molar-refractivity contribution in [2.24, 2.45) is 11.7 Å². The quantitative estimate of drug-likeness (QED) is 0.626. The molecule has 1 atom stereocenters. The lowest BCUT2D eigenvalue weighted by molar-refractivity contribution is -0.128. The molecule has 1 fully saturated rings. The van der Waals surface area contributed by atoms with Gasteiger partial charge in [-0.1, -0.05) is 0 Å². The summed E-state index contributed by atoms with van der Waals surface area (Å²) in [7, 11) is 0. The number of hydrogen-bond donors (Lipinski definition) is 1. The van der Waals surface area contributed by atoms with Crippen molar-refractivity contribution in [1.29, 1.82) is 0 Å². The van der Waals surface area contributed by atoms with E-state index in [-0.39, 0.29) is 5.91 Å². The Labute approximate surface area is 73.9 Å². The molecule has 1 saturated heterocycles. The van der Waals surface area contributed by atoms with Gasteiger partial charge >= 0.3 is 0 Å². The number of nitrogens with two attached hydrogens (primary N) is 1. The Morgan fingerprint density at radius 3 is 2.83 bits per heavy atom. The Kier molecular flexibility index (Phi) is 3.53. The van der Waals surface area contributed by atoms with Gasteiger partial charge in [0.25, 0.3) is 0 Å². The van der Waals surface area contributed by atoms with Crippen LogP contribution < -0.4 is 5.73 Å². The molecule has 0 aromatic carbocycles. The maximum atomic E-state index is 11.0. The van der Waals surface area contributed by atoms with Crippen LogP contribution in [0.15, 0.2) is 0 Å². The van der Waals surface area contributed by atoms with Crippen molar-refractivity contribution in [3.8, 4) is 0 Å². The van der Waals surface area contributed by atoms with Gasteiger partial charge in [-0.15, -0.1) is 0 Å². The van der Waals surface area contributed by atoms with E-state index in [1.54, 1.807) is 6.92 Å². The van der Waals surface area contributed by atoms with E-state index in [0.717, 1.165) is 32.5 Å². The number of carbonyl (C=O) groups excluding carboxylic acids is 1. The first-order valence-corrected chi connectivity index (χ1v) is 4.69. The van der Waals surface area contributed by atoms with E-state index in [0.29, 0.717) is 5.92 Å². The van der Waals surface area contributed by atoms with Crippen LogP contribution in [0.1, 0.15) is 26.2 Å². The molecule has 3 nitrogen and oxygen atoms in total. The van der Waals surface area contributed by atoms with E-state index in [1.165, 1.54) is 6.42 Å². The fraction of sp³-hybridized carbons (Fsp3) is 0.889. The van der Waals surface area contributed by atoms with Gasteiger partial charge in [0.15, 0.2) is 0 Å². The number of hydrogen-bond acceptors (Lipinski definition) is 2. The molecule has 1 unspecified atom stereocenters. The number of likely N-dealkylation sites (tertiary alicyclic amines) is 1. The van der Waals surface area contributed by atoms with E-state index >= 15 is 0 Å². The average molecular weight is 170 g/mol. The first kappa shape index (κ1) is 9.52. The number of carbonyl (C=O) groups is 1. The fourth-order valence-corrected chi connectivity index (χ4v) is 1.72. The van der Waals surface area contributed by atoms with Gasteiger partial charge < -0.3 is 10.6 Å². The summed E-state index contributed by atoms with van der Waals surface area (Å²) in [6.07, 6.45) is 3.37. The van der Waals surface area contributed by atoms with Gasteiger partial charge in [0.05, 0.1) is 0 Å². The Balaban J connectivity index is 2.39. The van der Waals surface area contributed by atoms with Gasteiger partial charge in [0, 0.05) is 20.0 Å². The summed E-state index contributed by atoms with van der Waals surface area (Å²) >= 11 is 0. The second-order valence-corrected chi connectivity index (χ2v) is 3.54. The van der Waals surface area contributed by atoms with Gasteiger partial charge in [-0.25, -0.2) is 0 Å². The molecule has 1 rings (SSSR count). The van der Waals surface area contributed by atoms with E-state index in [9.17, 15) is 4.79 Å². The minimum absolute atomic E-state index is 0.202. The summed E-state index contributed by atoms with van der Waals surface area (Å²) in [5.41, 5.74) is 5.59. The van der Waals surface area contributed by atoms with Crippen molar-refractivity contribution in [2.45, 2.75) is 26.2 Å². The molecule has 2 N–H and O–H groups in total. The summed E-state index contributed by atoms with van der Waals surface area (Å²) in [5, 5.41) is 0. The molecule has 0 aromatic rings. The highest BCUT2D eigenvalue weighted by molar-refractivity contribution is 5.73. The van der Waals surface area contributed by atoms with Crippen molar-refractivity contribution >= 4 is 5.91 Å². The van der Waals surface area contributed by atoms with E-state index in [4.69, 9.17) is 5.73 Å². The maximum absolute atomic E-state index is 11.0. The van der Waals surface area contributed by atoms with Crippen molar-refractivity contribution in [1.82, 2.24) is 4.90 Å². The molecule has 0 aromatic heterocycles. The lowest BCUT2D eigenvalue weighted by atomic mass is 10.0. The topological polar surface area (TPSA) is 46.3 Å². The third kappa shape index (κ3) is 2.48. The highest BCUT2D eigenvalue weighted by atomic mass is 16.2. The van der Waals surface area contributed by atoms with Crippen LogP contribution >= 0.6 is 0 Å². The molecule has 70 valence electrons. The Morgan fingerprint density at radius 2 is 2.25 bits per heavy atom. The second kappa shape index (κ2) is 4.45. The van der Waals surface area contributed by atoms with Gasteiger partial charge in [-0.05, 0) is 31.7 Å². The Hall–Kier alpha value is -0.570. The number of amides is 1. The minimum atomic E-state index is 0.202. The van der Waals surface area contributed by atoms with Crippen LogP contribution in [0.5, 0.6) is 0 Å². The molecule has 0 saturated carbocycles. The molecule has 1 amide bonds. The zero-order chi connectivity index (χ0) is 8.97. The standard InChI is InChI=1S/C9H18N2O/c1-8(12)11-5-2-3-9(7-10)4-6-11/h9H,2-7,10H2,1H3. The molecule has 0 spiro atoms. The first-order chi connectivity index (χ1) is 5.74. The lowest BCUT2D eigenvalue weighted by Crippen LogP contribution is -2.29. The zero-order valence-electron chi connectivity index (χ0n) is 7.75. The zero-order valence-corrected chi connectivity index (χ0v) is 7.75. The van der Waals surface area contributed by atoms with Gasteiger partial charge in [-0.3, -0.25) is 4.79 Å². The third-order valence-electron chi connectivity index (χ3n) is 2.63. The van der Waals surface area contributed by atoms with Crippen LogP contribution in [0.3, 0.4) is 0 Å². The van der Waals surface area contributed by atoms with Crippen molar-refractivity contribution < 1.29 is 4.79 Å². The summed E-state index contributed by atoms with van der Waals surface area (Å²) in [5.74, 6) is 0.835. The lowest BCUT2D eigenvalue weighted by Gasteiger charge is -2.17. The molecular weight excluding hydrogens is 152 g/mol. The van der Waals surface area contributed by atoms with Crippen LogP contribution in [0.4, 0.5) is 0 Å². The van der Waals surface area contributed by atoms with Crippen LogP contribution in [-0.4, -0.2) is 30.4 Å². The molecule has 0 aliphatic carbocycles. The molecule has 1 aliphatic heterocycles. The Bertz CT molecular complexity index is 159. The van der Waals surface area contributed by atoms with Crippen LogP contribution in [-0.2, 0) is 4.79 Å². The largest absolute Gasteiger partial charge is 0.343 e. The molecule has 1 aliphatic rings. The van der Waals surface area contributed by atoms with E-state index in [2.05, 4.69) is 0 Å². The predicted molar refractivity (Wildman–Crippen MR) is 48.6 cm³/mol. The molecular formula is C9H18N2O. The van der Waals surface area contributed by atoms with Crippen LogP contribution in [0.2, 0.25) is 0 Å². The summed E-state index contributed by atoms with van der Waals surface area (Å²) in [6.45, 7) is 4.23. The Morgan fingerprint density at radius 1 is 1.50 bits per heavy atom. The smallest absolute Gasteiger partial charge is 0.219 e. The monoisotopic (exact) mass is 170 g/mol. The van der Waals surface area contributed by atoms with E-state index < -0.39 is 0 Å². The minimum Gasteiger partial charge on any atom is -0.343 e. The van der Waals surface area contributed by atoms with E-state index in [1.807, 2.05) is 4.90 Å². The second-order valence-electron chi connectivity index (χ2n) is 3.54. The highest BCUT2D eigenvalue weighted by Gasteiger charge is 2.16. The van der Waals surface area contributed by atoms with Crippen LogP contribution in [0, 0.1) is 5.92 Å². The first-order valence-electron chi connectivity index (χ1n) is 4.69. The van der Waals surface area contributed by atoms with Crippen molar-refractivity contribution in [3.63, 3.8) is 0 Å². The molecule has 3 heteroatoms. The van der Waals surface area contributed by atoms with Gasteiger partial charge in [0.1, 0.15) is 0 Å². The maximum Gasteiger partial charge on any atom is 0.219 e. The summed E-state index contributed by atoms with van der Waals surface area (Å²) in [4.78, 5) is 13.0. The normalized spacial score (nSPS) is 25.2. The fourth-order valence-electron chi connectivity index (χ4n) is 1.72. The molecule has 1 heterocycles. The third-order valence-corrected chi connectivity index (χ3v) is 2.63. The average Bonchev–Trinajstić information content (AvgIpc) is 2.28.